The molecule has 2 aromatic rings. The second-order valence-corrected chi connectivity index (χ2v) is 7.43. The summed E-state index contributed by atoms with van der Waals surface area (Å²) in [4.78, 5) is 16.6. The zero-order chi connectivity index (χ0) is 22.0. The van der Waals surface area contributed by atoms with Gasteiger partial charge in [0.2, 0.25) is 0 Å². The Hall–Kier alpha value is -2.51. The summed E-state index contributed by atoms with van der Waals surface area (Å²) in [6.07, 6.45) is -3.98. The van der Waals surface area contributed by atoms with Crippen molar-refractivity contribution < 1.29 is 27.4 Å². The summed E-state index contributed by atoms with van der Waals surface area (Å²) in [6, 6.07) is 5.02. The number of ether oxygens (including phenoxy) is 2. The summed E-state index contributed by atoms with van der Waals surface area (Å²) < 4.78 is 52.1. The van der Waals surface area contributed by atoms with E-state index in [1.165, 1.54) is 21.0 Å². The lowest BCUT2D eigenvalue weighted by molar-refractivity contribution is -0.211. The van der Waals surface area contributed by atoms with Gasteiger partial charge in [0.05, 0.1) is 30.5 Å². The van der Waals surface area contributed by atoms with Gasteiger partial charge in [-0.3, -0.25) is 4.57 Å². The van der Waals surface area contributed by atoms with Gasteiger partial charge in [0.25, 0.3) is 0 Å². The number of aryl methyl sites for hydroxylation is 1. The number of imidazole rings is 1. The molecule has 0 saturated carbocycles. The van der Waals surface area contributed by atoms with Crippen molar-refractivity contribution in [2.45, 2.75) is 53.6 Å². The van der Waals surface area contributed by atoms with E-state index in [4.69, 9.17) is 9.47 Å². The molecule has 0 spiro atoms. The monoisotopic (exact) mass is 412 g/mol. The topological polar surface area (TPSA) is 53.3 Å². The van der Waals surface area contributed by atoms with Crippen LogP contribution in [0.1, 0.15) is 55.3 Å². The SMILES string of the molecule is CCOC(=O)c1nc(CC)n(-c2ccc(CC(C)(C)C(F)(F)F)c(OC)c2)c1C. The number of methoxy groups -OCH3 is 1. The fraction of sp³-hybridized carbons (Fsp3) is 0.524. The van der Waals surface area contributed by atoms with Gasteiger partial charge in [-0.15, -0.1) is 0 Å². The molecule has 0 radical (unpaired) electrons. The van der Waals surface area contributed by atoms with E-state index in [-0.39, 0.29) is 18.7 Å². The third-order valence-electron chi connectivity index (χ3n) is 4.89. The van der Waals surface area contributed by atoms with Crippen LogP contribution in [0.15, 0.2) is 18.2 Å². The number of esters is 1. The van der Waals surface area contributed by atoms with Crippen molar-refractivity contribution in [3.8, 4) is 11.4 Å². The number of hydrogen-bond donors (Lipinski definition) is 0. The molecule has 0 aliphatic carbocycles. The van der Waals surface area contributed by atoms with Crippen LogP contribution in [0.2, 0.25) is 0 Å². The van der Waals surface area contributed by atoms with Gasteiger partial charge < -0.3 is 9.47 Å². The van der Waals surface area contributed by atoms with Crippen LogP contribution in [-0.4, -0.2) is 35.4 Å². The van der Waals surface area contributed by atoms with Crippen molar-refractivity contribution in [2.24, 2.45) is 5.41 Å². The summed E-state index contributed by atoms with van der Waals surface area (Å²) in [7, 11) is 1.43. The molecule has 1 heterocycles. The average molecular weight is 412 g/mol. The van der Waals surface area contributed by atoms with Crippen molar-refractivity contribution in [1.82, 2.24) is 9.55 Å². The second-order valence-electron chi connectivity index (χ2n) is 7.43. The average Bonchev–Trinajstić information content (AvgIpc) is 2.97. The highest BCUT2D eigenvalue weighted by atomic mass is 19.4. The van der Waals surface area contributed by atoms with Crippen molar-refractivity contribution in [2.75, 3.05) is 13.7 Å². The number of halogens is 3. The molecule has 2 rings (SSSR count). The molecule has 0 atom stereocenters. The van der Waals surface area contributed by atoms with Crippen LogP contribution in [0.25, 0.3) is 5.69 Å². The van der Waals surface area contributed by atoms with Crippen molar-refractivity contribution >= 4 is 5.97 Å². The first-order valence-electron chi connectivity index (χ1n) is 9.46. The lowest BCUT2D eigenvalue weighted by atomic mass is 9.84. The number of nitrogens with zero attached hydrogens (tertiary/aromatic N) is 2. The maximum absolute atomic E-state index is 13.3. The van der Waals surface area contributed by atoms with Gasteiger partial charge in [-0.05, 0) is 31.9 Å². The van der Waals surface area contributed by atoms with Crippen LogP contribution >= 0.6 is 0 Å². The van der Waals surface area contributed by atoms with Crippen molar-refractivity contribution in [1.29, 1.82) is 0 Å². The van der Waals surface area contributed by atoms with Crippen LogP contribution in [0.4, 0.5) is 13.2 Å². The Bertz CT molecular complexity index is 886. The number of benzene rings is 1. The van der Waals surface area contributed by atoms with E-state index >= 15 is 0 Å². The first-order chi connectivity index (χ1) is 13.5. The third kappa shape index (κ3) is 4.57. The Morgan fingerprint density at radius 1 is 1.21 bits per heavy atom. The summed E-state index contributed by atoms with van der Waals surface area (Å²) >= 11 is 0. The summed E-state index contributed by atoms with van der Waals surface area (Å²) in [5.74, 6) is 0.498. The molecular formula is C21H27F3N2O3. The first kappa shape index (κ1) is 22.8. The number of alkyl halides is 3. The first-order valence-corrected chi connectivity index (χ1v) is 9.46. The fourth-order valence-electron chi connectivity index (χ4n) is 3.13. The van der Waals surface area contributed by atoms with Crippen LogP contribution < -0.4 is 4.74 Å². The normalized spacial score (nSPS) is 12.2. The van der Waals surface area contributed by atoms with E-state index in [0.29, 0.717) is 34.9 Å². The number of carbonyl (C=O) groups is 1. The van der Waals surface area contributed by atoms with E-state index in [2.05, 4.69) is 4.98 Å². The smallest absolute Gasteiger partial charge is 0.394 e. The van der Waals surface area contributed by atoms with Gasteiger partial charge in [0.15, 0.2) is 5.69 Å². The number of rotatable bonds is 7. The lowest BCUT2D eigenvalue weighted by Gasteiger charge is -2.28. The van der Waals surface area contributed by atoms with Gasteiger partial charge in [0, 0.05) is 12.5 Å². The molecule has 0 aliphatic rings. The summed E-state index contributed by atoms with van der Waals surface area (Å²) in [6.45, 7) is 7.96. The zero-order valence-electron chi connectivity index (χ0n) is 17.6. The summed E-state index contributed by atoms with van der Waals surface area (Å²) in [5, 5.41) is 0. The largest absolute Gasteiger partial charge is 0.496 e. The maximum Gasteiger partial charge on any atom is 0.394 e. The molecule has 0 saturated heterocycles. The summed E-state index contributed by atoms with van der Waals surface area (Å²) in [5.41, 5.74) is 0.0572. The predicted octanol–water partition coefficient (Wildman–Crippen LogP) is 5.06. The van der Waals surface area contributed by atoms with E-state index in [9.17, 15) is 18.0 Å². The standard InChI is InChI=1S/C21H27F3N2O3/c1-7-17-25-18(19(27)29-8-2)13(3)26(17)15-10-9-14(16(11-15)28-6)12-20(4,5)21(22,23)24/h9-11H,7-8,12H2,1-6H3. The molecule has 160 valence electrons. The van der Waals surface area contributed by atoms with Gasteiger partial charge in [-0.2, -0.15) is 13.2 Å². The Labute approximate surface area is 168 Å². The molecule has 29 heavy (non-hydrogen) atoms. The third-order valence-corrected chi connectivity index (χ3v) is 4.89. The maximum atomic E-state index is 13.3. The molecule has 0 unspecified atom stereocenters. The fourth-order valence-corrected chi connectivity index (χ4v) is 3.13. The quantitative estimate of drug-likeness (QED) is 0.597. The Balaban J connectivity index is 2.51. The van der Waals surface area contributed by atoms with Gasteiger partial charge >= 0.3 is 12.1 Å². The van der Waals surface area contributed by atoms with Gasteiger partial charge in [-0.25, -0.2) is 9.78 Å². The highest BCUT2D eigenvalue weighted by Crippen LogP contribution is 2.42. The Kier molecular flexibility index (Phi) is 6.65. The highest BCUT2D eigenvalue weighted by molar-refractivity contribution is 5.88. The molecule has 0 fully saturated rings. The molecule has 5 nitrogen and oxygen atoms in total. The minimum absolute atomic E-state index is 0.211. The van der Waals surface area contributed by atoms with Crippen LogP contribution in [0, 0.1) is 12.3 Å². The Morgan fingerprint density at radius 3 is 2.38 bits per heavy atom. The molecule has 0 aliphatic heterocycles. The molecule has 1 aromatic heterocycles. The molecule has 8 heteroatoms. The van der Waals surface area contributed by atoms with Gasteiger partial charge in [-0.1, -0.05) is 26.8 Å². The van der Waals surface area contributed by atoms with Crippen LogP contribution in [-0.2, 0) is 17.6 Å². The molecule has 0 amide bonds. The number of aromatic nitrogens is 2. The molecule has 1 aromatic carbocycles. The van der Waals surface area contributed by atoms with Gasteiger partial charge in [0.1, 0.15) is 11.6 Å². The minimum Gasteiger partial charge on any atom is -0.496 e. The molecule has 0 bridgehead atoms. The predicted molar refractivity (Wildman–Crippen MR) is 104 cm³/mol. The van der Waals surface area contributed by atoms with E-state index in [1.54, 1.807) is 36.6 Å². The molecule has 0 N–H and O–H groups in total. The van der Waals surface area contributed by atoms with Crippen LogP contribution in [0.3, 0.4) is 0 Å². The van der Waals surface area contributed by atoms with E-state index in [1.807, 2.05) is 6.92 Å². The lowest BCUT2D eigenvalue weighted by Crippen LogP contribution is -2.34. The number of carbonyl (C=O) groups excluding carboxylic acids is 1. The second kappa shape index (κ2) is 8.47. The Morgan fingerprint density at radius 2 is 1.86 bits per heavy atom. The van der Waals surface area contributed by atoms with Crippen molar-refractivity contribution in [3.05, 3.63) is 41.0 Å². The van der Waals surface area contributed by atoms with E-state index in [0.717, 1.165) is 0 Å². The van der Waals surface area contributed by atoms with Crippen LogP contribution in [0.5, 0.6) is 5.75 Å². The van der Waals surface area contributed by atoms with Crippen molar-refractivity contribution in [3.63, 3.8) is 0 Å². The minimum atomic E-state index is -4.33. The van der Waals surface area contributed by atoms with E-state index < -0.39 is 17.6 Å². The highest BCUT2D eigenvalue weighted by Gasteiger charge is 2.47. The zero-order valence-corrected chi connectivity index (χ0v) is 17.6. The molecular weight excluding hydrogens is 385 g/mol. The number of hydrogen-bond acceptors (Lipinski definition) is 4.